The van der Waals surface area contributed by atoms with E-state index in [1.807, 2.05) is 43.4 Å². The van der Waals surface area contributed by atoms with Gasteiger partial charge in [-0.05, 0) is 38.9 Å². The topological polar surface area (TPSA) is 40.1 Å². The average molecular weight is 316 g/mol. The minimum absolute atomic E-state index is 0.248. The fourth-order valence-corrected chi connectivity index (χ4v) is 2.60. The molecule has 0 amide bonds. The van der Waals surface area contributed by atoms with Crippen LogP contribution in [0.4, 0.5) is 5.69 Å². The Morgan fingerprint density at radius 3 is 2.57 bits per heavy atom. The molecular weight excluding hydrogens is 288 g/mol. The summed E-state index contributed by atoms with van der Waals surface area (Å²) in [5.74, 6) is 0.775. The molecule has 2 rings (SSSR count). The van der Waals surface area contributed by atoms with E-state index < -0.39 is 0 Å². The van der Waals surface area contributed by atoms with Gasteiger partial charge in [-0.1, -0.05) is 18.2 Å². The van der Waals surface area contributed by atoms with E-state index in [9.17, 15) is 0 Å². The van der Waals surface area contributed by atoms with Gasteiger partial charge < -0.3 is 9.64 Å². The summed E-state index contributed by atoms with van der Waals surface area (Å²) < 4.78 is 6.26. The van der Waals surface area contributed by atoms with E-state index in [4.69, 9.17) is 4.74 Å². The predicted molar refractivity (Wildman–Crippen MR) is 96.7 cm³/mol. The Kier molecular flexibility index (Phi) is 6.47. The highest BCUT2D eigenvalue weighted by atomic mass is 16.5. The highest BCUT2D eigenvalue weighted by Crippen LogP contribution is 2.18. The van der Waals surface area contributed by atoms with Gasteiger partial charge in [-0.3, -0.25) is 15.4 Å². The van der Waals surface area contributed by atoms with E-state index in [0.717, 1.165) is 43.1 Å². The molecule has 0 unspecified atom stereocenters. The van der Waals surface area contributed by atoms with Gasteiger partial charge in [0.1, 0.15) is 6.10 Å². The number of nitrogens with zero attached hydrogens (tertiary/aromatic N) is 3. The van der Waals surface area contributed by atoms with Gasteiger partial charge in [0.2, 0.25) is 5.88 Å². The van der Waals surface area contributed by atoms with Gasteiger partial charge in [0.05, 0.1) is 5.69 Å². The Morgan fingerprint density at radius 2 is 1.96 bits per heavy atom. The maximum atomic E-state index is 6.26. The highest BCUT2D eigenvalue weighted by Gasteiger charge is 2.20. The molecule has 1 saturated heterocycles. The van der Waals surface area contributed by atoms with Crippen LogP contribution in [-0.2, 0) is 4.74 Å². The van der Waals surface area contributed by atoms with Crippen LogP contribution in [0, 0.1) is 0 Å². The Balaban J connectivity index is 2.07. The van der Waals surface area contributed by atoms with E-state index in [1.165, 1.54) is 0 Å². The first-order chi connectivity index (χ1) is 11.1. The lowest BCUT2D eigenvalue weighted by atomic mass is 10.1. The fourth-order valence-electron chi connectivity index (χ4n) is 2.60. The summed E-state index contributed by atoms with van der Waals surface area (Å²) in [5.41, 5.74) is 5.44. The smallest absolute Gasteiger partial charge is 0.210 e. The standard InChI is InChI=1S/C18H28N4O/c1-15(14-19-2)18(23-17-10-12-21(3)13-11-17)20-22(4)16-8-6-5-7-9-16/h5-9,14,17,20H,10-13H2,1-4H3. The summed E-state index contributed by atoms with van der Waals surface area (Å²) in [6.07, 6.45) is 4.18. The number of hydrazine groups is 1. The van der Waals surface area contributed by atoms with Gasteiger partial charge in [-0.2, -0.15) is 0 Å². The van der Waals surface area contributed by atoms with Crippen LogP contribution in [0.2, 0.25) is 0 Å². The summed E-state index contributed by atoms with van der Waals surface area (Å²) in [5, 5.41) is 1.97. The molecule has 1 N–H and O–H groups in total. The van der Waals surface area contributed by atoms with Crippen LogP contribution in [0.25, 0.3) is 0 Å². The zero-order chi connectivity index (χ0) is 16.7. The molecule has 1 aromatic carbocycles. The van der Waals surface area contributed by atoms with Gasteiger partial charge in [0.25, 0.3) is 0 Å². The van der Waals surface area contributed by atoms with E-state index in [1.54, 1.807) is 7.05 Å². The summed E-state index contributed by atoms with van der Waals surface area (Å²) in [7, 11) is 5.92. The number of allylic oxidation sites excluding steroid dienone is 1. The van der Waals surface area contributed by atoms with Gasteiger partial charge >= 0.3 is 0 Å². The number of hydrogen-bond acceptors (Lipinski definition) is 5. The lowest BCUT2D eigenvalue weighted by molar-refractivity contribution is 0.0474. The van der Waals surface area contributed by atoms with Crippen molar-refractivity contribution in [3.05, 3.63) is 41.8 Å². The molecule has 1 aliphatic heterocycles. The zero-order valence-corrected chi connectivity index (χ0v) is 14.6. The van der Waals surface area contributed by atoms with Crippen molar-refractivity contribution in [3.63, 3.8) is 0 Å². The maximum absolute atomic E-state index is 6.26. The van der Waals surface area contributed by atoms with Crippen LogP contribution in [0.1, 0.15) is 19.8 Å². The number of anilines is 1. The van der Waals surface area contributed by atoms with Crippen molar-refractivity contribution in [1.29, 1.82) is 0 Å². The first-order valence-electron chi connectivity index (χ1n) is 8.14. The molecule has 1 aliphatic rings. The number of hydrogen-bond donors (Lipinski definition) is 1. The Labute approximate surface area is 139 Å². The molecule has 0 radical (unpaired) electrons. The molecule has 23 heavy (non-hydrogen) atoms. The zero-order valence-electron chi connectivity index (χ0n) is 14.6. The van der Waals surface area contributed by atoms with Crippen LogP contribution in [0.5, 0.6) is 0 Å². The number of likely N-dealkylation sites (tertiary alicyclic amines) is 1. The molecule has 0 spiro atoms. The molecule has 5 heteroatoms. The Hall–Kier alpha value is -2.01. The number of aliphatic imine (C=N–C) groups is 1. The van der Waals surface area contributed by atoms with Crippen molar-refractivity contribution in [2.45, 2.75) is 25.9 Å². The second-order valence-corrected chi connectivity index (χ2v) is 6.03. The van der Waals surface area contributed by atoms with Crippen LogP contribution in [0.15, 0.2) is 46.8 Å². The maximum Gasteiger partial charge on any atom is 0.210 e. The minimum Gasteiger partial charge on any atom is -0.474 e. The van der Waals surface area contributed by atoms with Crippen molar-refractivity contribution >= 4 is 11.9 Å². The summed E-state index contributed by atoms with van der Waals surface area (Å²) in [6.45, 7) is 4.17. The largest absolute Gasteiger partial charge is 0.474 e. The quantitative estimate of drug-likeness (QED) is 0.498. The summed E-state index contributed by atoms with van der Waals surface area (Å²) in [6, 6.07) is 10.2. The molecule has 1 heterocycles. The molecule has 0 aromatic heterocycles. The SMILES string of the molecule is CN=CC(C)=C(NN(C)c1ccccc1)OC1CCN(C)CC1. The van der Waals surface area contributed by atoms with E-state index >= 15 is 0 Å². The number of piperidine rings is 1. The monoisotopic (exact) mass is 316 g/mol. The molecule has 0 saturated carbocycles. The molecule has 1 aromatic rings. The molecule has 1 fully saturated rings. The van der Waals surface area contributed by atoms with E-state index in [-0.39, 0.29) is 6.10 Å². The van der Waals surface area contributed by atoms with Crippen molar-refractivity contribution in [2.75, 3.05) is 39.2 Å². The van der Waals surface area contributed by atoms with Gasteiger partial charge in [-0.15, -0.1) is 0 Å². The third-order valence-corrected chi connectivity index (χ3v) is 4.04. The molecule has 0 aliphatic carbocycles. The van der Waals surface area contributed by atoms with Crippen LogP contribution in [0.3, 0.4) is 0 Å². The minimum atomic E-state index is 0.248. The van der Waals surface area contributed by atoms with Crippen molar-refractivity contribution < 1.29 is 4.74 Å². The predicted octanol–water partition coefficient (Wildman–Crippen LogP) is 2.67. The summed E-state index contributed by atoms with van der Waals surface area (Å²) in [4.78, 5) is 6.45. The van der Waals surface area contributed by atoms with Gasteiger partial charge in [0, 0.05) is 39.0 Å². The number of ether oxygens (including phenoxy) is 1. The second-order valence-electron chi connectivity index (χ2n) is 6.03. The third-order valence-electron chi connectivity index (χ3n) is 4.04. The van der Waals surface area contributed by atoms with Crippen molar-refractivity contribution in [1.82, 2.24) is 10.3 Å². The van der Waals surface area contributed by atoms with Crippen molar-refractivity contribution in [3.8, 4) is 0 Å². The lowest BCUT2D eigenvalue weighted by Crippen LogP contribution is -2.39. The van der Waals surface area contributed by atoms with Crippen LogP contribution in [-0.4, -0.2) is 51.5 Å². The molecule has 0 atom stereocenters. The summed E-state index contributed by atoms with van der Waals surface area (Å²) >= 11 is 0. The average Bonchev–Trinajstić information content (AvgIpc) is 2.57. The normalized spacial score (nSPS) is 17.9. The third kappa shape index (κ3) is 5.28. The Bertz CT molecular complexity index is 533. The Morgan fingerprint density at radius 1 is 1.30 bits per heavy atom. The molecular formula is C18H28N4O. The first kappa shape index (κ1) is 17.3. The molecule has 5 nitrogen and oxygen atoms in total. The first-order valence-corrected chi connectivity index (χ1v) is 8.14. The second kappa shape index (κ2) is 8.58. The number of benzene rings is 1. The highest BCUT2D eigenvalue weighted by molar-refractivity contribution is 5.78. The van der Waals surface area contributed by atoms with Crippen LogP contribution >= 0.6 is 0 Å². The number of rotatable bonds is 6. The van der Waals surface area contributed by atoms with Crippen molar-refractivity contribution in [2.24, 2.45) is 4.99 Å². The lowest BCUT2D eigenvalue weighted by Gasteiger charge is -2.32. The van der Waals surface area contributed by atoms with E-state index in [2.05, 4.69) is 34.5 Å². The van der Waals surface area contributed by atoms with Gasteiger partial charge in [-0.25, -0.2) is 0 Å². The fraction of sp³-hybridized carbons (Fsp3) is 0.500. The van der Waals surface area contributed by atoms with E-state index in [0.29, 0.717) is 0 Å². The number of para-hydroxylation sites is 1. The van der Waals surface area contributed by atoms with Crippen LogP contribution < -0.4 is 10.4 Å². The number of nitrogens with one attached hydrogen (secondary N) is 1. The van der Waals surface area contributed by atoms with Gasteiger partial charge in [0.15, 0.2) is 0 Å². The molecule has 0 bridgehead atoms. The molecule has 126 valence electrons.